The van der Waals surface area contributed by atoms with Gasteiger partial charge in [-0.2, -0.15) is 0 Å². The Morgan fingerprint density at radius 2 is 2.05 bits per heavy atom. The highest BCUT2D eigenvalue weighted by Gasteiger charge is 2.08. The first kappa shape index (κ1) is 15.4. The van der Waals surface area contributed by atoms with Gasteiger partial charge in [0.15, 0.2) is 0 Å². The minimum atomic E-state index is -1.12. The molecule has 0 saturated carbocycles. The number of carboxylic acid groups (broad SMARTS) is 1. The first-order chi connectivity index (χ1) is 9.02. The summed E-state index contributed by atoms with van der Waals surface area (Å²) >= 11 is 5.76. The third-order valence-electron chi connectivity index (χ3n) is 2.09. The normalized spacial score (nSPS) is 10.2. The van der Waals surface area contributed by atoms with Crippen LogP contribution in [0.1, 0.15) is 10.4 Å². The van der Waals surface area contributed by atoms with E-state index in [0.717, 1.165) is 0 Å². The Morgan fingerprint density at radius 3 is 2.68 bits per heavy atom. The van der Waals surface area contributed by atoms with Gasteiger partial charge in [-0.25, -0.2) is 4.79 Å². The third-order valence-corrected chi connectivity index (χ3v) is 2.31. The summed E-state index contributed by atoms with van der Waals surface area (Å²) < 4.78 is 9.79. The van der Waals surface area contributed by atoms with Gasteiger partial charge in [0.2, 0.25) is 5.91 Å². The monoisotopic (exact) mass is 287 g/mol. The van der Waals surface area contributed by atoms with Gasteiger partial charge in [-0.15, -0.1) is 0 Å². The van der Waals surface area contributed by atoms with Gasteiger partial charge in [-0.05, 0) is 18.2 Å². The van der Waals surface area contributed by atoms with Crippen molar-refractivity contribution in [3.63, 3.8) is 0 Å². The highest BCUT2D eigenvalue weighted by Crippen LogP contribution is 2.19. The Bertz CT molecular complexity index is 463. The van der Waals surface area contributed by atoms with Crippen LogP contribution in [0.4, 0.5) is 5.69 Å². The van der Waals surface area contributed by atoms with E-state index in [4.69, 9.17) is 26.2 Å². The number of methoxy groups -OCH3 is 1. The van der Waals surface area contributed by atoms with E-state index in [2.05, 4.69) is 5.32 Å². The maximum atomic E-state index is 11.5. The van der Waals surface area contributed by atoms with E-state index < -0.39 is 11.9 Å². The zero-order chi connectivity index (χ0) is 14.3. The van der Waals surface area contributed by atoms with Gasteiger partial charge < -0.3 is 19.9 Å². The molecule has 0 spiro atoms. The van der Waals surface area contributed by atoms with Crippen molar-refractivity contribution in [2.75, 3.05) is 32.2 Å². The number of rotatable bonds is 7. The third kappa shape index (κ3) is 5.69. The molecule has 19 heavy (non-hydrogen) atoms. The number of hydrogen-bond acceptors (Lipinski definition) is 4. The lowest BCUT2D eigenvalue weighted by atomic mass is 10.2. The number of carbonyl (C=O) groups excluding carboxylic acids is 1. The molecule has 0 unspecified atom stereocenters. The molecule has 0 aliphatic heterocycles. The summed E-state index contributed by atoms with van der Waals surface area (Å²) in [5.74, 6) is -1.51. The van der Waals surface area contributed by atoms with E-state index in [-0.39, 0.29) is 17.2 Å². The number of carbonyl (C=O) groups is 2. The molecule has 2 N–H and O–H groups in total. The van der Waals surface area contributed by atoms with E-state index in [0.29, 0.717) is 18.9 Å². The summed E-state index contributed by atoms with van der Waals surface area (Å²) in [6.07, 6.45) is 0. The summed E-state index contributed by atoms with van der Waals surface area (Å²) in [7, 11) is 1.53. The lowest BCUT2D eigenvalue weighted by Crippen LogP contribution is -2.19. The smallest absolute Gasteiger partial charge is 0.335 e. The van der Waals surface area contributed by atoms with Crippen molar-refractivity contribution < 1.29 is 24.2 Å². The summed E-state index contributed by atoms with van der Waals surface area (Å²) in [6, 6.07) is 4.08. The van der Waals surface area contributed by atoms with E-state index in [1.54, 1.807) is 0 Å². The molecule has 0 aliphatic rings. The van der Waals surface area contributed by atoms with Crippen LogP contribution in [0.2, 0.25) is 5.02 Å². The van der Waals surface area contributed by atoms with Crippen molar-refractivity contribution in [3.05, 3.63) is 28.8 Å². The lowest BCUT2D eigenvalue weighted by molar-refractivity contribution is -0.121. The van der Waals surface area contributed by atoms with Gasteiger partial charge in [-0.1, -0.05) is 11.6 Å². The lowest BCUT2D eigenvalue weighted by Gasteiger charge is -2.07. The van der Waals surface area contributed by atoms with Crippen LogP contribution < -0.4 is 5.32 Å². The fraction of sp³-hybridized carbons (Fsp3) is 0.333. The number of amides is 1. The molecule has 1 aromatic rings. The molecule has 0 bridgehead atoms. The van der Waals surface area contributed by atoms with Crippen LogP contribution in [0.25, 0.3) is 0 Å². The van der Waals surface area contributed by atoms with Crippen LogP contribution in [-0.4, -0.2) is 43.9 Å². The van der Waals surface area contributed by atoms with Crippen LogP contribution in [-0.2, 0) is 14.3 Å². The first-order valence-corrected chi connectivity index (χ1v) is 5.81. The number of aromatic carboxylic acids is 1. The number of anilines is 1. The quantitative estimate of drug-likeness (QED) is 0.745. The molecule has 6 nitrogen and oxygen atoms in total. The molecule has 0 aromatic heterocycles. The van der Waals surface area contributed by atoms with Gasteiger partial charge in [0.25, 0.3) is 0 Å². The molecular formula is C12H14ClNO5. The molecule has 1 rings (SSSR count). The average molecular weight is 288 g/mol. The largest absolute Gasteiger partial charge is 0.478 e. The van der Waals surface area contributed by atoms with Gasteiger partial charge in [0.05, 0.1) is 18.8 Å². The standard InChI is InChI=1S/C12H14ClNO5/c1-18-2-3-19-7-11(15)14-10-5-8(12(16)17)4-9(13)6-10/h4-6H,2-3,7H2,1H3,(H,14,15)(H,16,17). The topological polar surface area (TPSA) is 84.9 Å². The zero-order valence-electron chi connectivity index (χ0n) is 10.3. The van der Waals surface area contributed by atoms with Crippen LogP contribution in [0.3, 0.4) is 0 Å². The van der Waals surface area contributed by atoms with Crippen LogP contribution in [0, 0.1) is 0 Å². The summed E-state index contributed by atoms with van der Waals surface area (Å²) in [6.45, 7) is 0.561. The summed E-state index contributed by atoms with van der Waals surface area (Å²) in [5, 5.41) is 11.6. The number of halogens is 1. The maximum absolute atomic E-state index is 11.5. The fourth-order valence-electron chi connectivity index (χ4n) is 1.29. The predicted molar refractivity (Wildman–Crippen MR) is 69.7 cm³/mol. The van der Waals surface area contributed by atoms with Crippen LogP contribution in [0.15, 0.2) is 18.2 Å². The number of carboxylic acids is 1. The van der Waals surface area contributed by atoms with Crippen molar-refractivity contribution in [2.45, 2.75) is 0 Å². The Morgan fingerprint density at radius 1 is 1.32 bits per heavy atom. The molecular weight excluding hydrogens is 274 g/mol. The second-order valence-electron chi connectivity index (χ2n) is 3.63. The molecule has 7 heteroatoms. The highest BCUT2D eigenvalue weighted by molar-refractivity contribution is 6.31. The van der Waals surface area contributed by atoms with Gasteiger partial charge in [0, 0.05) is 17.8 Å². The molecule has 104 valence electrons. The second kappa shape index (κ2) is 7.73. The number of nitrogens with one attached hydrogen (secondary N) is 1. The SMILES string of the molecule is COCCOCC(=O)Nc1cc(Cl)cc(C(=O)O)c1. The average Bonchev–Trinajstić information content (AvgIpc) is 2.34. The van der Waals surface area contributed by atoms with Gasteiger partial charge in [0.1, 0.15) is 6.61 Å². The van der Waals surface area contributed by atoms with E-state index in [1.165, 1.54) is 25.3 Å². The van der Waals surface area contributed by atoms with Crippen molar-refractivity contribution in [3.8, 4) is 0 Å². The number of hydrogen-bond donors (Lipinski definition) is 2. The molecule has 0 heterocycles. The van der Waals surface area contributed by atoms with Gasteiger partial charge >= 0.3 is 5.97 Å². The van der Waals surface area contributed by atoms with Crippen molar-refractivity contribution in [1.29, 1.82) is 0 Å². The van der Waals surface area contributed by atoms with Crippen LogP contribution in [0.5, 0.6) is 0 Å². The molecule has 1 aromatic carbocycles. The Kier molecular flexibility index (Phi) is 6.27. The second-order valence-corrected chi connectivity index (χ2v) is 4.06. The number of ether oxygens (including phenoxy) is 2. The summed E-state index contributed by atoms with van der Waals surface area (Å²) in [5.41, 5.74) is 0.313. The molecule has 1 amide bonds. The molecule has 0 fully saturated rings. The predicted octanol–water partition coefficient (Wildman–Crippen LogP) is 1.64. The highest BCUT2D eigenvalue weighted by atomic mass is 35.5. The Hall–Kier alpha value is -1.63. The minimum absolute atomic E-state index is 0.00287. The molecule has 0 atom stereocenters. The molecule has 0 saturated heterocycles. The molecule has 0 radical (unpaired) electrons. The van der Waals surface area contributed by atoms with E-state index >= 15 is 0 Å². The number of benzene rings is 1. The van der Waals surface area contributed by atoms with E-state index in [1.807, 2.05) is 0 Å². The van der Waals surface area contributed by atoms with Crippen molar-refractivity contribution in [2.24, 2.45) is 0 Å². The van der Waals surface area contributed by atoms with Gasteiger partial charge in [-0.3, -0.25) is 4.79 Å². The zero-order valence-corrected chi connectivity index (χ0v) is 11.1. The van der Waals surface area contributed by atoms with Crippen LogP contribution >= 0.6 is 11.6 Å². The van der Waals surface area contributed by atoms with Crippen molar-refractivity contribution in [1.82, 2.24) is 0 Å². The Labute approximate surface area is 115 Å². The first-order valence-electron chi connectivity index (χ1n) is 5.43. The minimum Gasteiger partial charge on any atom is -0.478 e. The maximum Gasteiger partial charge on any atom is 0.335 e. The van der Waals surface area contributed by atoms with Crippen molar-refractivity contribution >= 4 is 29.2 Å². The molecule has 0 aliphatic carbocycles. The summed E-state index contributed by atoms with van der Waals surface area (Å²) in [4.78, 5) is 22.3. The Balaban J connectivity index is 2.56. The fourth-order valence-corrected chi connectivity index (χ4v) is 1.52. The van der Waals surface area contributed by atoms with E-state index in [9.17, 15) is 9.59 Å².